The van der Waals surface area contributed by atoms with Gasteiger partial charge in [-0.15, -0.1) is 0 Å². The van der Waals surface area contributed by atoms with Gasteiger partial charge in [0.25, 0.3) is 0 Å². The highest BCUT2D eigenvalue weighted by Crippen LogP contribution is 2.19. The van der Waals surface area contributed by atoms with Crippen LogP contribution < -0.4 is 0 Å². The third-order valence-corrected chi connectivity index (χ3v) is 5.00. The van der Waals surface area contributed by atoms with E-state index in [4.69, 9.17) is 0 Å². The second-order valence-corrected chi connectivity index (χ2v) is 7.29. The van der Waals surface area contributed by atoms with Gasteiger partial charge in [0.15, 0.2) is 0 Å². The van der Waals surface area contributed by atoms with E-state index in [1.807, 2.05) is 18.2 Å². The number of nitrogens with zero attached hydrogens (tertiary/aromatic N) is 3. The van der Waals surface area contributed by atoms with Crippen molar-refractivity contribution in [1.82, 2.24) is 14.8 Å². The largest absolute Gasteiger partial charge is 0.396 e. The predicted octanol–water partition coefficient (Wildman–Crippen LogP) is 3.21. The summed E-state index contributed by atoms with van der Waals surface area (Å²) in [6, 6.07) is 9.31. The number of halogens is 1. The van der Waals surface area contributed by atoms with Gasteiger partial charge < -0.3 is 5.11 Å². The second-order valence-electron chi connectivity index (χ2n) is 7.29. The van der Waals surface area contributed by atoms with Crippen molar-refractivity contribution in [3.8, 4) is 0 Å². The molecule has 2 heterocycles. The van der Waals surface area contributed by atoms with Crippen LogP contribution in [0.1, 0.15) is 26.0 Å². The Morgan fingerprint density at radius 2 is 2.12 bits per heavy atom. The van der Waals surface area contributed by atoms with Crippen LogP contribution in [0, 0.1) is 5.82 Å². The molecule has 2 aromatic rings. The lowest BCUT2D eigenvalue weighted by molar-refractivity contribution is 0.0630. The highest BCUT2D eigenvalue weighted by Gasteiger charge is 2.26. The maximum absolute atomic E-state index is 14.0. The minimum Gasteiger partial charge on any atom is -0.396 e. The number of aliphatic hydroxyl groups is 1. The standard InChI is InChI=1S/C21H28FN3O/c1-16(2)8-10-25-12-11-24(15-19(25)9-13-26)14-18-7-6-17-4-3-5-20(22)21(17)23-18/h3-8,19,26H,9-15H2,1-2H3/t19-/m1/s1. The maximum Gasteiger partial charge on any atom is 0.149 e. The quantitative estimate of drug-likeness (QED) is 0.806. The molecule has 0 bridgehead atoms. The van der Waals surface area contributed by atoms with Crippen molar-refractivity contribution in [3.05, 3.63) is 53.5 Å². The van der Waals surface area contributed by atoms with Crippen molar-refractivity contribution in [3.63, 3.8) is 0 Å². The molecule has 4 nitrogen and oxygen atoms in total. The van der Waals surface area contributed by atoms with E-state index in [1.165, 1.54) is 11.6 Å². The van der Waals surface area contributed by atoms with E-state index < -0.39 is 0 Å². The fourth-order valence-electron chi connectivity index (χ4n) is 3.53. The number of hydrogen-bond acceptors (Lipinski definition) is 4. The molecule has 1 N–H and O–H groups in total. The van der Waals surface area contributed by atoms with Crippen LogP contribution in [0.4, 0.5) is 4.39 Å². The van der Waals surface area contributed by atoms with Crippen LogP contribution in [0.2, 0.25) is 0 Å². The van der Waals surface area contributed by atoms with Crippen molar-refractivity contribution in [2.75, 3.05) is 32.8 Å². The summed E-state index contributed by atoms with van der Waals surface area (Å²) in [6.07, 6.45) is 3.01. The van der Waals surface area contributed by atoms with Gasteiger partial charge in [-0.05, 0) is 32.4 Å². The first kappa shape index (κ1) is 19.0. The van der Waals surface area contributed by atoms with Gasteiger partial charge in [0.2, 0.25) is 0 Å². The normalized spacial score (nSPS) is 19.0. The highest BCUT2D eigenvalue weighted by atomic mass is 19.1. The van der Waals surface area contributed by atoms with Gasteiger partial charge in [-0.25, -0.2) is 9.37 Å². The summed E-state index contributed by atoms with van der Waals surface area (Å²) < 4.78 is 14.0. The Labute approximate surface area is 154 Å². The van der Waals surface area contributed by atoms with Crippen LogP contribution in [-0.2, 0) is 6.54 Å². The number of benzene rings is 1. The van der Waals surface area contributed by atoms with Crippen LogP contribution >= 0.6 is 0 Å². The SMILES string of the molecule is CC(C)=CCN1CCN(Cc2ccc3cccc(F)c3n2)C[C@H]1CCO. The molecule has 140 valence electrons. The topological polar surface area (TPSA) is 39.6 Å². The lowest BCUT2D eigenvalue weighted by Gasteiger charge is -2.41. The Balaban J connectivity index is 1.69. The summed E-state index contributed by atoms with van der Waals surface area (Å²) in [7, 11) is 0. The van der Waals surface area contributed by atoms with Crippen molar-refractivity contribution < 1.29 is 9.50 Å². The fraction of sp³-hybridized carbons (Fsp3) is 0.476. The highest BCUT2D eigenvalue weighted by molar-refractivity contribution is 5.79. The average Bonchev–Trinajstić information content (AvgIpc) is 2.62. The molecule has 0 radical (unpaired) electrons. The molecule has 3 rings (SSSR count). The molecule has 1 aromatic heterocycles. The average molecular weight is 357 g/mol. The number of aromatic nitrogens is 1. The zero-order valence-electron chi connectivity index (χ0n) is 15.7. The monoisotopic (exact) mass is 357 g/mol. The fourth-order valence-corrected chi connectivity index (χ4v) is 3.53. The van der Waals surface area contributed by atoms with Crippen LogP contribution in [0.3, 0.4) is 0 Å². The third-order valence-electron chi connectivity index (χ3n) is 5.00. The van der Waals surface area contributed by atoms with Gasteiger partial charge in [0, 0.05) is 50.8 Å². The van der Waals surface area contributed by atoms with E-state index in [9.17, 15) is 9.50 Å². The lowest BCUT2D eigenvalue weighted by atomic mass is 10.1. The number of rotatable bonds is 6. The molecular formula is C21H28FN3O. The smallest absolute Gasteiger partial charge is 0.149 e. The minimum absolute atomic E-state index is 0.198. The summed E-state index contributed by atoms with van der Waals surface area (Å²) in [4.78, 5) is 9.32. The molecule has 0 unspecified atom stereocenters. The summed E-state index contributed by atoms with van der Waals surface area (Å²) in [6.45, 7) is 8.88. The lowest BCUT2D eigenvalue weighted by Crippen LogP contribution is -2.53. The number of pyridine rings is 1. The van der Waals surface area contributed by atoms with E-state index in [0.29, 0.717) is 18.1 Å². The Morgan fingerprint density at radius 1 is 1.27 bits per heavy atom. The molecule has 5 heteroatoms. The van der Waals surface area contributed by atoms with Crippen molar-refractivity contribution in [2.45, 2.75) is 32.9 Å². The molecule has 1 aliphatic rings. The Hall–Kier alpha value is -1.82. The van der Waals surface area contributed by atoms with Gasteiger partial charge in [0.1, 0.15) is 11.3 Å². The first-order valence-corrected chi connectivity index (χ1v) is 9.31. The molecule has 0 spiro atoms. The maximum atomic E-state index is 14.0. The van der Waals surface area contributed by atoms with Crippen molar-refractivity contribution in [2.24, 2.45) is 0 Å². The van der Waals surface area contributed by atoms with Gasteiger partial charge in [-0.3, -0.25) is 9.80 Å². The molecular weight excluding hydrogens is 329 g/mol. The van der Waals surface area contributed by atoms with E-state index in [1.54, 1.807) is 6.07 Å². The molecule has 1 fully saturated rings. The number of aliphatic hydroxyl groups excluding tert-OH is 1. The van der Waals surface area contributed by atoms with E-state index in [0.717, 1.165) is 43.7 Å². The zero-order chi connectivity index (χ0) is 18.5. The molecule has 0 aliphatic carbocycles. The van der Waals surface area contributed by atoms with E-state index in [2.05, 4.69) is 34.7 Å². The number of allylic oxidation sites excluding steroid dienone is 1. The van der Waals surface area contributed by atoms with E-state index >= 15 is 0 Å². The minimum atomic E-state index is -0.269. The van der Waals surface area contributed by atoms with Gasteiger partial charge >= 0.3 is 0 Å². The molecule has 1 atom stereocenters. The molecule has 1 aromatic carbocycles. The zero-order valence-corrected chi connectivity index (χ0v) is 15.7. The van der Waals surface area contributed by atoms with E-state index in [-0.39, 0.29) is 12.4 Å². The van der Waals surface area contributed by atoms with Gasteiger partial charge in [-0.2, -0.15) is 0 Å². The number of piperazine rings is 1. The summed E-state index contributed by atoms with van der Waals surface area (Å²) in [5, 5.41) is 10.3. The van der Waals surface area contributed by atoms with Crippen LogP contribution in [0.5, 0.6) is 0 Å². The Morgan fingerprint density at radius 3 is 2.88 bits per heavy atom. The van der Waals surface area contributed by atoms with Crippen LogP contribution in [0.15, 0.2) is 42.0 Å². The first-order chi connectivity index (χ1) is 12.6. The first-order valence-electron chi connectivity index (χ1n) is 9.31. The predicted molar refractivity (Wildman–Crippen MR) is 103 cm³/mol. The van der Waals surface area contributed by atoms with Crippen molar-refractivity contribution >= 4 is 10.9 Å². The summed E-state index contributed by atoms with van der Waals surface area (Å²) >= 11 is 0. The molecule has 0 saturated carbocycles. The third kappa shape index (κ3) is 4.67. The molecule has 1 aliphatic heterocycles. The van der Waals surface area contributed by atoms with Crippen LogP contribution in [0.25, 0.3) is 10.9 Å². The molecule has 0 amide bonds. The number of fused-ring (bicyclic) bond motifs is 1. The number of hydrogen-bond donors (Lipinski definition) is 1. The van der Waals surface area contributed by atoms with Crippen molar-refractivity contribution in [1.29, 1.82) is 0 Å². The summed E-state index contributed by atoms with van der Waals surface area (Å²) in [5.41, 5.74) is 2.65. The summed E-state index contributed by atoms with van der Waals surface area (Å²) in [5.74, 6) is -0.269. The molecule has 1 saturated heterocycles. The Bertz CT molecular complexity index is 773. The van der Waals surface area contributed by atoms with Crippen LogP contribution in [-0.4, -0.2) is 58.7 Å². The second kappa shape index (κ2) is 8.71. The van der Waals surface area contributed by atoms with Gasteiger partial charge in [0.05, 0.1) is 5.69 Å². The molecule has 26 heavy (non-hydrogen) atoms. The number of para-hydroxylation sites is 1. The Kier molecular flexibility index (Phi) is 6.35. The van der Waals surface area contributed by atoms with Gasteiger partial charge in [-0.1, -0.05) is 29.8 Å².